The lowest BCUT2D eigenvalue weighted by atomic mass is 10.2. The summed E-state index contributed by atoms with van der Waals surface area (Å²) in [5, 5.41) is 8.22. The van der Waals surface area contributed by atoms with Gasteiger partial charge in [-0.2, -0.15) is 0 Å². The number of thiophene rings is 1. The molecule has 1 aromatic carbocycles. The van der Waals surface area contributed by atoms with Gasteiger partial charge < -0.3 is 10.6 Å². The van der Waals surface area contributed by atoms with Crippen molar-refractivity contribution in [1.29, 1.82) is 0 Å². The zero-order valence-electron chi connectivity index (χ0n) is 10.5. The summed E-state index contributed by atoms with van der Waals surface area (Å²) >= 11 is 1.76. The van der Waals surface area contributed by atoms with Crippen molar-refractivity contribution in [2.45, 2.75) is 20.4 Å². The highest BCUT2D eigenvalue weighted by Crippen LogP contribution is 2.19. The highest BCUT2D eigenvalue weighted by Gasteiger charge is 2.00. The zero-order valence-corrected chi connectivity index (χ0v) is 11.3. The van der Waals surface area contributed by atoms with Crippen LogP contribution in [0.3, 0.4) is 0 Å². The molecular weight excluding hydrogens is 244 g/mol. The van der Waals surface area contributed by atoms with Gasteiger partial charge in [0.2, 0.25) is 5.91 Å². The predicted molar refractivity (Wildman–Crippen MR) is 77.1 cm³/mol. The van der Waals surface area contributed by atoms with Crippen LogP contribution in [0.25, 0.3) is 0 Å². The van der Waals surface area contributed by atoms with E-state index in [2.05, 4.69) is 29.0 Å². The number of amides is 1. The van der Waals surface area contributed by atoms with Crippen LogP contribution in [-0.2, 0) is 11.3 Å². The maximum atomic E-state index is 10.9. The number of rotatable bonds is 4. The van der Waals surface area contributed by atoms with Crippen molar-refractivity contribution in [2.75, 3.05) is 10.6 Å². The lowest BCUT2D eigenvalue weighted by molar-refractivity contribution is -0.114. The van der Waals surface area contributed by atoms with Gasteiger partial charge in [0.25, 0.3) is 0 Å². The van der Waals surface area contributed by atoms with Crippen molar-refractivity contribution in [3.8, 4) is 0 Å². The van der Waals surface area contributed by atoms with Crippen molar-refractivity contribution in [1.82, 2.24) is 0 Å². The van der Waals surface area contributed by atoms with E-state index in [1.165, 1.54) is 17.4 Å². The highest BCUT2D eigenvalue weighted by molar-refractivity contribution is 7.10. The summed E-state index contributed by atoms with van der Waals surface area (Å²) in [5.74, 6) is -0.0510. The van der Waals surface area contributed by atoms with Crippen LogP contribution in [0, 0.1) is 6.92 Å². The van der Waals surface area contributed by atoms with E-state index in [4.69, 9.17) is 0 Å². The number of hydrogen-bond donors (Lipinski definition) is 2. The molecule has 2 aromatic rings. The van der Waals surface area contributed by atoms with Crippen molar-refractivity contribution >= 4 is 28.6 Å². The Morgan fingerprint density at radius 1 is 1.17 bits per heavy atom. The van der Waals surface area contributed by atoms with Gasteiger partial charge >= 0.3 is 0 Å². The van der Waals surface area contributed by atoms with Crippen LogP contribution in [0.4, 0.5) is 11.4 Å². The molecule has 0 bridgehead atoms. The second-order valence-electron chi connectivity index (χ2n) is 4.14. The molecule has 0 spiro atoms. The molecule has 1 heterocycles. The van der Waals surface area contributed by atoms with Gasteiger partial charge in [-0.15, -0.1) is 11.3 Å². The van der Waals surface area contributed by atoms with Crippen LogP contribution in [0.15, 0.2) is 35.7 Å². The Morgan fingerprint density at radius 2 is 1.83 bits per heavy atom. The van der Waals surface area contributed by atoms with Gasteiger partial charge in [0.15, 0.2) is 0 Å². The monoisotopic (exact) mass is 260 g/mol. The van der Waals surface area contributed by atoms with Crippen LogP contribution in [0.1, 0.15) is 17.4 Å². The van der Waals surface area contributed by atoms with Crippen LogP contribution < -0.4 is 10.6 Å². The van der Waals surface area contributed by atoms with Gasteiger partial charge in [0, 0.05) is 29.7 Å². The third-order valence-corrected chi connectivity index (χ3v) is 3.65. The number of hydrogen-bond acceptors (Lipinski definition) is 3. The Hall–Kier alpha value is -1.81. The van der Waals surface area contributed by atoms with Gasteiger partial charge in [-0.3, -0.25) is 4.79 Å². The maximum Gasteiger partial charge on any atom is 0.221 e. The molecular formula is C14H16N2OS. The van der Waals surface area contributed by atoms with Gasteiger partial charge in [-0.05, 0) is 48.2 Å². The van der Waals surface area contributed by atoms with Crippen molar-refractivity contribution < 1.29 is 4.79 Å². The molecule has 4 heteroatoms. The Labute approximate surface area is 111 Å². The van der Waals surface area contributed by atoms with E-state index >= 15 is 0 Å². The molecule has 0 saturated heterocycles. The normalized spacial score (nSPS) is 10.1. The molecule has 2 rings (SSSR count). The Bertz CT molecular complexity index is 531. The molecule has 1 amide bonds. The summed E-state index contributed by atoms with van der Waals surface area (Å²) in [6.45, 7) is 4.46. The van der Waals surface area contributed by atoms with Crippen LogP contribution >= 0.6 is 11.3 Å². The first kappa shape index (κ1) is 12.6. The molecule has 0 atom stereocenters. The van der Waals surface area contributed by atoms with Crippen molar-refractivity contribution in [3.05, 3.63) is 46.2 Å². The SMILES string of the molecule is CC(=O)Nc1ccc(NCc2sccc2C)cc1. The van der Waals surface area contributed by atoms with E-state index < -0.39 is 0 Å². The number of carbonyl (C=O) groups is 1. The minimum absolute atomic E-state index is 0.0510. The third-order valence-electron chi connectivity index (χ3n) is 2.63. The summed E-state index contributed by atoms with van der Waals surface area (Å²) in [6.07, 6.45) is 0. The number of carbonyl (C=O) groups excluding carboxylic acids is 1. The number of nitrogens with one attached hydrogen (secondary N) is 2. The minimum Gasteiger partial charge on any atom is -0.380 e. The fourth-order valence-electron chi connectivity index (χ4n) is 1.64. The van der Waals surface area contributed by atoms with E-state index in [9.17, 15) is 4.79 Å². The Balaban J connectivity index is 1.94. The smallest absolute Gasteiger partial charge is 0.221 e. The number of aryl methyl sites for hydroxylation is 1. The van der Waals surface area contributed by atoms with Crippen LogP contribution in [-0.4, -0.2) is 5.91 Å². The molecule has 0 unspecified atom stereocenters. The molecule has 0 aliphatic heterocycles. The summed E-state index contributed by atoms with van der Waals surface area (Å²) in [5.41, 5.74) is 3.19. The summed E-state index contributed by atoms with van der Waals surface area (Å²) in [6, 6.07) is 9.85. The molecule has 0 aliphatic rings. The van der Waals surface area contributed by atoms with Gasteiger partial charge in [0.1, 0.15) is 0 Å². The molecule has 0 aliphatic carbocycles. The predicted octanol–water partition coefficient (Wildman–Crippen LogP) is 3.63. The fourth-order valence-corrected chi connectivity index (χ4v) is 2.49. The van der Waals surface area contributed by atoms with Crippen LogP contribution in [0.5, 0.6) is 0 Å². The van der Waals surface area contributed by atoms with Gasteiger partial charge in [-0.1, -0.05) is 0 Å². The van der Waals surface area contributed by atoms with Crippen LogP contribution in [0.2, 0.25) is 0 Å². The number of anilines is 2. The molecule has 1 aromatic heterocycles. The molecule has 2 N–H and O–H groups in total. The quantitative estimate of drug-likeness (QED) is 0.881. The molecule has 0 radical (unpaired) electrons. The average molecular weight is 260 g/mol. The topological polar surface area (TPSA) is 41.1 Å². The van der Waals surface area contributed by atoms with E-state index in [1.807, 2.05) is 24.3 Å². The third kappa shape index (κ3) is 3.34. The molecule has 94 valence electrons. The fraction of sp³-hybridized carbons (Fsp3) is 0.214. The average Bonchev–Trinajstić information content (AvgIpc) is 2.73. The second kappa shape index (κ2) is 5.69. The zero-order chi connectivity index (χ0) is 13.0. The second-order valence-corrected chi connectivity index (χ2v) is 5.14. The lowest BCUT2D eigenvalue weighted by Gasteiger charge is -2.07. The summed E-state index contributed by atoms with van der Waals surface area (Å²) < 4.78 is 0. The molecule has 3 nitrogen and oxygen atoms in total. The first-order valence-corrected chi connectivity index (χ1v) is 6.67. The van der Waals surface area contributed by atoms with E-state index in [0.29, 0.717) is 0 Å². The molecule has 0 saturated carbocycles. The van der Waals surface area contributed by atoms with Crippen molar-refractivity contribution in [2.24, 2.45) is 0 Å². The largest absolute Gasteiger partial charge is 0.380 e. The summed E-state index contributed by atoms with van der Waals surface area (Å²) in [4.78, 5) is 12.2. The van der Waals surface area contributed by atoms with E-state index in [1.54, 1.807) is 11.3 Å². The van der Waals surface area contributed by atoms with Gasteiger partial charge in [-0.25, -0.2) is 0 Å². The summed E-state index contributed by atoms with van der Waals surface area (Å²) in [7, 11) is 0. The van der Waals surface area contributed by atoms with Gasteiger partial charge in [0.05, 0.1) is 0 Å². The Morgan fingerprint density at radius 3 is 2.39 bits per heavy atom. The lowest BCUT2D eigenvalue weighted by Crippen LogP contribution is -2.05. The first-order chi connectivity index (χ1) is 8.65. The maximum absolute atomic E-state index is 10.9. The number of benzene rings is 1. The molecule has 18 heavy (non-hydrogen) atoms. The first-order valence-electron chi connectivity index (χ1n) is 5.79. The molecule has 0 fully saturated rings. The van der Waals surface area contributed by atoms with E-state index in [-0.39, 0.29) is 5.91 Å². The minimum atomic E-state index is -0.0510. The standard InChI is InChI=1S/C14H16N2OS/c1-10-7-8-18-14(10)9-15-12-3-5-13(6-4-12)16-11(2)17/h3-8,15H,9H2,1-2H3,(H,16,17). The van der Waals surface area contributed by atoms with Crippen molar-refractivity contribution in [3.63, 3.8) is 0 Å². The highest BCUT2D eigenvalue weighted by atomic mass is 32.1. The van der Waals surface area contributed by atoms with E-state index in [0.717, 1.165) is 17.9 Å². The Kier molecular flexibility index (Phi) is 3.99.